The zero-order chi connectivity index (χ0) is 14.1. The van der Waals surface area contributed by atoms with Gasteiger partial charge in [-0.15, -0.1) is 0 Å². The summed E-state index contributed by atoms with van der Waals surface area (Å²) >= 11 is 0. The second kappa shape index (κ2) is 5.12. The first-order chi connectivity index (χ1) is 9.65. The van der Waals surface area contributed by atoms with Gasteiger partial charge in [0.25, 0.3) is 0 Å². The molecule has 1 fully saturated rings. The number of allylic oxidation sites excluding steroid dienone is 2. The van der Waals surface area contributed by atoms with E-state index in [2.05, 4.69) is 17.5 Å². The highest BCUT2D eigenvalue weighted by molar-refractivity contribution is 5.86. The quantitative estimate of drug-likeness (QED) is 0.824. The van der Waals surface area contributed by atoms with Crippen molar-refractivity contribution < 1.29 is 14.7 Å². The van der Waals surface area contributed by atoms with Crippen LogP contribution in [0, 0.1) is 17.8 Å². The van der Waals surface area contributed by atoms with E-state index >= 15 is 0 Å². The molecular formula is C16H17NO3. The average molecular weight is 271 g/mol. The Morgan fingerprint density at radius 3 is 2.45 bits per heavy atom. The van der Waals surface area contributed by atoms with Gasteiger partial charge in [0, 0.05) is 5.92 Å². The SMILES string of the molecule is O=C(N[C@@H](C(=O)O)c1ccccc1)C1CC2C=CC1C2. The fraction of sp³-hybridized carbons (Fsp3) is 0.375. The van der Waals surface area contributed by atoms with E-state index in [4.69, 9.17) is 0 Å². The monoisotopic (exact) mass is 271 g/mol. The summed E-state index contributed by atoms with van der Waals surface area (Å²) in [4.78, 5) is 23.7. The third-order valence-electron chi connectivity index (χ3n) is 4.28. The molecule has 2 aliphatic rings. The molecule has 0 radical (unpaired) electrons. The van der Waals surface area contributed by atoms with Crippen molar-refractivity contribution in [3.8, 4) is 0 Å². The summed E-state index contributed by atoms with van der Waals surface area (Å²) in [5.74, 6) is -0.460. The summed E-state index contributed by atoms with van der Waals surface area (Å²) in [6.45, 7) is 0. The number of carboxylic acid groups (broad SMARTS) is 1. The van der Waals surface area contributed by atoms with Crippen LogP contribution < -0.4 is 5.32 Å². The molecule has 4 nitrogen and oxygen atoms in total. The van der Waals surface area contributed by atoms with E-state index in [0.29, 0.717) is 11.5 Å². The summed E-state index contributed by atoms with van der Waals surface area (Å²) in [7, 11) is 0. The van der Waals surface area contributed by atoms with Crippen LogP contribution in [0.25, 0.3) is 0 Å². The minimum atomic E-state index is -1.02. The number of carbonyl (C=O) groups excluding carboxylic acids is 1. The smallest absolute Gasteiger partial charge is 0.330 e. The number of benzene rings is 1. The average Bonchev–Trinajstić information content (AvgIpc) is 3.07. The Morgan fingerprint density at radius 1 is 1.15 bits per heavy atom. The van der Waals surface area contributed by atoms with Crippen molar-refractivity contribution in [2.45, 2.75) is 18.9 Å². The van der Waals surface area contributed by atoms with Gasteiger partial charge < -0.3 is 10.4 Å². The third kappa shape index (κ3) is 2.33. The van der Waals surface area contributed by atoms with Crippen LogP contribution in [0.4, 0.5) is 0 Å². The van der Waals surface area contributed by atoms with E-state index in [1.165, 1.54) is 0 Å². The standard InChI is InChI=1S/C16H17NO3/c18-15(13-9-10-6-7-12(13)8-10)17-14(16(19)20)11-4-2-1-3-5-11/h1-7,10,12-14H,8-9H2,(H,17,18)(H,19,20)/t10?,12?,13?,14-/m1/s1. The maximum Gasteiger partial charge on any atom is 0.330 e. The van der Waals surface area contributed by atoms with Crippen LogP contribution >= 0.6 is 0 Å². The highest BCUT2D eigenvalue weighted by Gasteiger charge is 2.40. The normalized spacial score (nSPS) is 28.3. The molecule has 1 aromatic carbocycles. The van der Waals surface area contributed by atoms with Gasteiger partial charge in [-0.1, -0.05) is 42.5 Å². The first-order valence-electron chi connectivity index (χ1n) is 6.91. The highest BCUT2D eigenvalue weighted by Crippen LogP contribution is 2.43. The van der Waals surface area contributed by atoms with Gasteiger partial charge in [-0.2, -0.15) is 0 Å². The van der Waals surface area contributed by atoms with Crippen LogP contribution in [0.5, 0.6) is 0 Å². The molecule has 0 heterocycles. The Morgan fingerprint density at radius 2 is 1.90 bits per heavy atom. The van der Waals surface area contributed by atoms with E-state index in [1.54, 1.807) is 24.3 Å². The number of fused-ring (bicyclic) bond motifs is 2. The van der Waals surface area contributed by atoms with E-state index in [-0.39, 0.29) is 17.7 Å². The lowest BCUT2D eigenvalue weighted by Gasteiger charge is -2.21. The second-order valence-corrected chi connectivity index (χ2v) is 5.58. The summed E-state index contributed by atoms with van der Waals surface area (Å²) in [5, 5.41) is 12.0. The van der Waals surface area contributed by atoms with Crippen molar-refractivity contribution in [3.05, 3.63) is 48.0 Å². The van der Waals surface area contributed by atoms with Gasteiger partial charge >= 0.3 is 5.97 Å². The number of aliphatic carboxylic acids is 1. The molecule has 4 atom stereocenters. The summed E-state index contributed by atoms with van der Waals surface area (Å²) in [6.07, 6.45) is 6.13. The number of carbonyl (C=O) groups is 2. The lowest BCUT2D eigenvalue weighted by molar-refractivity contribution is -0.142. The Hall–Kier alpha value is -2.10. The predicted octanol–water partition coefficient (Wildman–Crippen LogP) is 2.14. The molecule has 2 bridgehead atoms. The van der Waals surface area contributed by atoms with E-state index < -0.39 is 12.0 Å². The van der Waals surface area contributed by atoms with Crippen molar-refractivity contribution in [2.75, 3.05) is 0 Å². The largest absolute Gasteiger partial charge is 0.479 e. The van der Waals surface area contributed by atoms with Crippen molar-refractivity contribution >= 4 is 11.9 Å². The Balaban J connectivity index is 1.73. The Kier molecular flexibility index (Phi) is 3.30. The van der Waals surface area contributed by atoms with Crippen LogP contribution in [0.2, 0.25) is 0 Å². The number of hydrogen-bond acceptors (Lipinski definition) is 2. The molecule has 0 aromatic heterocycles. The fourth-order valence-electron chi connectivity index (χ4n) is 3.26. The highest BCUT2D eigenvalue weighted by atomic mass is 16.4. The molecule has 0 saturated heterocycles. The van der Waals surface area contributed by atoms with Gasteiger partial charge in [0.1, 0.15) is 0 Å². The number of rotatable bonds is 4. The van der Waals surface area contributed by atoms with Crippen LogP contribution in [-0.2, 0) is 9.59 Å². The van der Waals surface area contributed by atoms with Gasteiger partial charge in [-0.05, 0) is 30.2 Å². The van der Waals surface area contributed by atoms with E-state index in [9.17, 15) is 14.7 Å². The molecule has 3 unspecified atom stereocenters. The van der Waals surface area contributed by atoms with Crippen molar-refractivity contribution in [2.24, 2.45) is 17.8 Å². The summed E-state index contributed by atoms with van der Waals surface area (Å²) in [6, 6.07) is 7.85. The number of amides is 1. The second-order valence-electron chi connectivity index (χ2n) is 5.58. The number of nitrogens with one attached hydrogen (secondary N) is 1. The van der Waals surface area contributed by atoms with E-state index in [1.807, 2.05) is 6.07 Å². The van der Waals surface area contributed by atoms with Crippen molar-refractivity contribution in [1.29, 1.82) is 0 Å². The molecule has 20 heavy (non-hydrogen) atoms. The van der Waals surface area contributed by atoms with Crippen molar-refractivity contribution in [1.82, 2.24) is 5.32 Å². The van der Waals surface area contributed by atoms with Crippen LogP contribution in [0.3, 0.4) is 0 Å². The maximum atomic E-state index is 12.3. The zero-order valence-corrected chi connectivity index (χ0v) is 11.0. The van der Waals surface area contributed by atoms with Gasteiger partial charge in [-0.3, -0.25) is 4.79 Å². The molecule has 3 rings (SSSR count). The molecule has 1 amide bonds. The molecule has 4 heteroatoms. The zero-order valence-electron chi connectivity index (χ0n) is 11.0. The Bertz CT molecular complexity index is 552. The van der Waals surface area contributed by atoms with Gasteiger partial charge in [0.15, 0.2) is 6.04 Å². The lowest BCUT2D eigenvalue weighted by Crippen LogP contribution is -2.39. The predicted molar refractivity (Wildman–Crippen MR) is 73.8 cm³/mol. The topological polar surface area (TPSA) is 66.4 Å². The molecule has 0 spiro atoms. The molecule has 1 aromatic rings. The first kappa shape index (κ1) is 12.9. The number of hydrogen-bond donors (Lipinski definition) is 2. The molecule has 1 saturated carbocycles. The van der Waals surface area contributed by atoms with Gasteiger partial charge in [0.2, 0.25) is 5.91 Å². The molecule has 2 aliphatic carbocycles. The minimum absolute atomic E-state index is 0.0736. The van der Waals surface area contributed by atoms with E-state index in [0.717, 1.165) is 12.8 Å². The lowest BCUT2D eigenvalue weighted by atomic mass is 9.92. The summed E-state index contributed by atoms with van der Waals surface area (Å²) < 4.78 is 0. The summed E-state index contributed by atoms with van der Waals surface area (Å²) in [5.41, 5.74) is 0.604. The first-order valence-corrected chi connectivity index (χ1v) is 6.91. The van der Waals surface area contributed by atoms with Crippen molar-refractivity contribution in [3.63, 3.8) is 0 Å². The van der Waals surface area contributed by atoms with Gasteiger partial charge in [0.05, 0.1) is 0 Å². The molecular weight excluding hydrogens is 254 g/mol. The molecule has 0 aliphatic heterocycles. The fourth-order valence-corrected chi connectivity index (χ4v) is 3.26. The minimum Gasteiger partial charge on any atom is -0.479 e. The Labute approximate surface area is 117 Å². The molecule has 2 N–H and O–H groups in total. The number of carboxylic acids is 1. The maximum absolute atomic E-state index is 12.3. The van der Waals surface area contributed by atoms with Crippen LogP contribution in [0.1, 0.15) is 24.4 Å². The molecule has 104 valence electrons. The van der Waals surface area contributed by atoms with Gasteiger partial charge in [-0.25, -0.2) is 4.79 Å². The van der Waals surface area contributed by atoms with Crippen LogP contribution in [0.15, 0.2) is 42.5 Å². The van der Waals surface area contributed by atoms with Crippen LogP contribution in [-0.4, -0.2) is 17.0 Å². The third-order valence-corrected chi connectivity index (χ3v) is 4.28.